The van der Waals surface area contributed by atoms with Gasteiger partial charge in [-0.25, -0.2) is 4.39 Å². The molecular weight excluding hydrogens is 213 g/mol. The minimum absolute atomic E-state index is 0.0497. The molecule has 1 aromatic carbocycles. The number of rotatable bonds is 2. The molecular formula is C8H7ClFNOS. The van der Waals surface area contributed by atoms with Crippen molar-refractivity contribution in [3.05, 3.63) is 29.0 Å². The zero-order chi connectivity index (χ0) is 9.84. The second-order valence-electron chi connectivity index (χ2n) is 2.36. The fourth-order valence-corrected chi connectivity index (χ4v) is 1.13. The van der Waals surface area contributed by atoms with Gasteiger partial charge in [-0.3, -0.25) is 4.79 Å². The van der Waals surface area contributed by atoms with E-state index in [-0.39, 0.29) is 16.7 Å². The Balaban J connectivity index is 2.83. The molecule has 0 aliphatic rings. The van der Waals surface area contributed by atoms with Gasteiger partial charge in [0.05, 0.1) is 5.75 Å². The Kier molecular flexibility index (Phi) is 3.57. The lowest BCUT2D eigenvalue weighted by molar-refractivity contribution is -0.113. The summed E-state index contributed by atoms with van der Waals surface area (Å²) in [6.07, 6.45) is 0. The zero-order valence-electron chi connectivity index (χ0n) is 6.55. The highest BCUT2D eigenvalue weighted by molar-refractivity contribution is 7.81. The maximum absolute atomic E-state index is 12.7. The predicted molar refractivity (Wildman–Crippen MR) is 53.9 cm³/mol. The van der Waals surface area contributed by atoms with Gasteiger partial charge in [0.25, 0.3) is 0 Å². The van der Waals surface area contributed by atoms with E-state index < -0.39 is 5.82 Å². The summed E-state index contributed by atoms with van der Waals surface area (Å²) in [7, 11) is 0. The van der Waals surface area contributed by atoms with Crippen molar-refractivity contribution in [2.75, 3.05) is 11.1 Å². The smallest absolute Gasteiger partial charge is 0.234 e. The maximum Gasteiger partial charge on any atom is 0.234 e. The summed E-state index contributed by atoms with van der Waals surface area (Å²) in [5, 5.41) is 2.68. The van der Waals surface area contributed by atoms with Crippen LogP contribution in [0.5, 0.6) is 0 Å². The highest BCUT2D eigenvalue weighted by Crippen LogP contribution is 2.17. The summed E-state index contributed by atoms with van der Waals surface area (Å²) in [4.78, 5) is 10.9. The Morgan fingerprint density at radius 2 is 2.23 bits per heavy atom. The van der Waals surface area contributed by atoms with E-state index in [1.807, 2.05) is 0 Å². The van der Waals surface area contributed by atoms with Crippen molar-refractivity contribution in [1.82, 2.24) is 0 Å². The summed E-state index contributed by atoms with van der Waals surface area (Å²) in [5.41, 5.74) is 0.337. The molecule has 5 heteroatoms. The van der Waals surface area contributed by atoms with Gasteiger partial charge in [-0.05, 0) is 18.2 Å². The first-order chi connectivity index (χ1) is 6.11. The number of benzene rings is 1. The van der Waals surface area contributed by atoms with Crippen molar-refractivity contribution in [1.29, 1.82) is 0 Å². The molecule has 0 aliphatic carbocycles. The summed E-state index contributed by atoms with van der Waals surface area (Å²) in [6.45, 7) is 0. The van der Waals surface area contributed by atoms with Crippen molar-refractivity contribution < 1.29 is 9.18 Å². The van der Waals surface area contributed by atoms with Gasteiger partial charge in [0.2, 0.25) is 5.91 Å². The van der Waals surface area contributed by atoms with Crippen LogP contribution < -0.4 is 5.32 Å². The van der Waals surface area contributed by atoms with Gasteiger partial charge in [0.1, 0.15) is 5.82 Å². The van der Waals surface area contributed by atoms with Crippen LogP contribution in [0.4, 0.5) is 10.1 Å². The lowest BCUT2D eigenvalue weighted by atomic mass is 10.3. The number of hydrogen-bond acceptors (Lipinski definition) is 2. The number of nitrogens with one attached hydrogen (secondary N) is 1. The third-order valence-corrected chi connectivity index (χ3v) is 1.80. The number of carbonyl (C=O) groups excluding carboxylic acids is 1. The first-order valence-electron chi connectivity index (χ1n) is 3.48. The molecule has 0 aromatic heterocycles. The fourth-order valence-electron chi connectivity index (χ4n) is 0.827. The largest absolute Gasteiger partial charge is 0.325 e. The molecule has 1 rings (SSSR count). The zero-order valence-corrected chi connectivity index (χ0v) is 8.20. The summed E-state index contributed by atoms with van der Waals surface area (Å²) in [6, 6.07) is 3.82. The molecule has 0 aliphatic heterocycles. The van der Waals surface area contributed by atoms with E-state index in [1.54, 1.807) is 0 Å². The Labute approximate surface area is 85.5 Å². The van der Waals surface area contributed by atoms with E-state index in [0.29, 0.717) is 5.69 Å². The molecule has 0 atom stereocenters. The quantitative estimate of drug-likeness (QED) is 0.735. The minimum Gasteiger partial charge on any atom is -0.325 e. The van der Waals surface area contributed by atoms with E-state index in [4.69, 9.17) is 11.6 Å². The number of hydrogen-bond donors (Lipinski definition) is 2. The van der Waals surface area contributed by atoms with Crippen molar-refractivity contribution in [3.8, 4) is 0 Å². The first-order valence-corrected chi connectivity index (χ1v) is 4.49. The van der Waals surface area contributed by atoms with E-state index >= 15 is 0 Å². The van der Waals surface area contributed by atoms with Crippen LogP contribution in [0.2, 0.25) is 5.02 Å². The summed E-state index contributed by atoms with van der Waals surface area (Å²) in [5.74, 6) is -0.735. The van der Waals surface area contributed by atoms with Gasteiger partial charge < -0.3 is 5.32 Å². The molecule has 0 fully saturated rings. The van der Waals surface area contributed by atoms with Crippen molar-refractivity contribution in [3.63, 3.8) is 0 Å². The lowest BCUT2D eigenvalue weighted by Crippen LogP contribution is -2.12. The normalized spacial score (nSPS) is 9.77. The molecule has 1 N–H and O–H groups in total. The molecule has 0 saturated carbocycles. The number of thiol groups is 1. The van der Waals surface area contributed by atoms with Crippen LogP contribution >= 0.6 is 24.2 Å². The first kappa shape index (κ1) is 10.3. The second kappa shape index (κ2) is 4.48. The third-order valence-electron chi connectivity index (χ3n) is 1.29. The Morgan fingerprint density at radius 3 is 2.77 bits per heavy atom. The van der Waals surface area contributed by atoms with Gasteiger partial charge >= 0.3 is 0 Å². The number of anilines is 1. The van der Waals surface area contributed by atoms with E-state index in [0.717, 1.165) is 6.07 Å². The van der Waals surface area contributed by atoms with Crippen LogP contribution in [0.3, 0.4) is 0 Å². The van der Waals surface area contributed by atoms with Crippen LogP contribution in [0.15, 0.2) is 18.2 Å². The van der Waals surface area contributed by atoms with Crippen LogP contribution in [0.1, 0.15) is 0 Å². The maximum atomic E-state index is 12.7. The number of carbonyl (C=O) groups is 1. The van der Waals surface area contributed by atoms with Crippen molar-refractivity contribution in [2.45, 2.75) is 0 Å². The molecule has 0 radical (unpaired) electrons. The second-order valence-corrected chi connectivity index (χ2v) is 3.12. The van der Waals surface area contributed by atoms with Crippen LogP contribution in [0.25, 0.3) is 0 Å². The van der Waals surface area contributed by atoms with E-state index in [1.165, 1.54) is 12.1 Å². The minimum atomic E-state index is -0.484. The predicted octanol–water partition coefficient (Wildman–Crippen LogP) is 2.35. The van der Waals surface area contributed by atoms with Gasteiger partial charge in [-0.15, -0.1) is 0 Å². The highest BCUT2D eigenvalue weighted by Gasteiger charge is 2.02. The Morgan fingerprint density at radius 1 is 1.54 bits per heavy atom. The Bertz CT molecular complexity index is 312. The van der Waals surface area contributed by atoms with E-state index in [9.17, 15) is 9.18 Å². The molecule has 2 nitrogen and oxygen atoms in total. The standard InChI is InChI=1S/C8H7ClFNOS/c9-5-1-6(10)3-7(2-5)11-8(12)4-13/h1-3,13H,4H2,(H,11,12). The number of halogens is 2. The lowest BCUT2D eigenvalue weighted by Gasteiger charge is -2.03. The van der Waals surface area contributed by atoms with Gasteiger partial charge in [-0.2, -0.15) is 12.6 Å². The molecule has 70 valence electrons. The topological polar surface area (TPSA) is 29.1 Å². The molecule has 1 aromatic rings. The summed E-state index contributed by atoms with van der Waals surface area (Å²) < 4.78 is 12.7. The molecule has 0 spiro atoms. The van der Waals surface area contributed by atoms with Gasteiger partial charge in [-0.1, -0.05) is 11.6 Å². The fraction of sp³-hybridized carbons (Fsp3) is 0.125. The highest BCUT2D eigenvalue weighted by atomic mass is 35.5. The summed E-state index contributed by atoms with van der Waals surface area (Å²) >= 11 is 9.33. The molecule has 13 heavy (non-hydrogen) atoms. The number of amides is 1. The third kappa shape index (κ3) is 3.24. The molecule has 0 unspecified atom stereocenters. The van der Waals surface area contributed by atoms with Crippen molar-refractivity contribution in [2.24, 2.45) is 0 Å². The SMILES string of the molecule is O=C(CS)Nc1cc(F)cc(Cl)c1. The van der Waals surface area contributed by atoms with Crippen LogP contribution in [0, 0.1) is 5.82 Å². The van der Waals surface area contributed by atoms with Gasteiger partial charge in [0.15, 0.2) is 0 Å². The Hall–Kier alpha value is -0.740. The van der Waals surface area contributed by atoms with Crippen molar-refractivity contribution >= 4 is 35.8 Å². The average Bonchev–Trinajstić information content (AvgIpc) is 2.02. The van der Waals surface area contributed by atoms with Crippen LogP contribution in [-0.2, 0) is 4.79 Å². The molecule has 0 bridgehead atoms. The van der Waals surface area contributed by atoms with Gasteiger partial charge in [0, 0.05) is 10.7 Å². The average molecular weight is 220 g/mol. The molecule has 0 heterocycles. The molecule has 1 amide bonds. The van der Waals surface area contributed by atoms with Crippen LogP contribution in [-0.4, -0.2) is 11.7 Å². The monoisotopic (exact) mass is 219 g/mol. The van der Waals surface area contributed by atoms with E-state index in [2.05, 4.69) is 17.9 Å². The molecule has 0 saturated heterocycles.